The molecule has 0 radical (unpaired) electrons. The molecule has 3 heterocycles. The molecule has 4 rings (SSSR count). The smallest absolute Gasteiger partial charge is 0.238 e. The predicted octanol–water partition coefficient (Wildman–Crippen LogP) is 1.77. The summed E-state index contributed by atoms with van der Waals surface area (Å²) in [5, 5.41) is 3.78. The molecule has 1 saturated heterocycles. The number of nitrogens with one attached hydrogen (secondary N) is 1. The Bertz CT molecular complexity index is 764. The maximum absolute atomic E-state index is 11.4. The van der Waals surface area contributed by atoms with Gasteiger partial charge in [0.15, 0.2) is 6.29 Å². The highest BCUT2D eigenvalue weighted by Gasteiger charge is 2.26. The van der Waals surface area contributed by atoms with Crippen molar-refractivity contribution in [3.63, 3.8) is 0 Å². The molecular formula is C17H19N3O3. The van der Waals surface area contributed by atoms with E-state index in [-0.39, 0.29) is 11.8 Å². The fourth-order valence-corrected chi connectivity index (χ4v) is 3.14. The number of ether oxygens (including phenoxy) is 1. The highest BCUT2D eigenvalue weighted by molar-refractivity contribution is 5.91. The highest BCUT2D eigenvalue weighted by atomic mass is 16.5. The molecule has 1 saturated carbocycles. The molecule has 0 spiro atoms. The molecule has 6 heteroatoms. The van der Waals surface area contributed by atoms with Crippen molar-refractivity contribution in [3.05, 3.63) is 24.0 Å². The first-order valence-electron chi connectivity index (χ1n) is 8.07. The van der Waals surface area contributed by atoms with Crippen LogP contribution in [-0.4, -0.2) is 34.9 Å². The van der Waals surface area contributed by atoms with E-state index < -0.39 is 0 Å². The Balaban J connectivity index is 1.63. The van der Waals surface area contributed by atoms with E-state index in [1.807, 2.05) is 16.7 Å². The van der Waals surface area contributed by atoms with Gasteiger partial charge in [0.1, 0.15) is 5.52 Å². The molecule has 1 N–H and O–H groups in total. The number of carbonyl (C=O) groups excluding carboxylic acids is 2. The zero-order chi connectivity index (χ0) is 15.8. The number of carbonyl (C=O) groups is 2. The highest BCUT2D eigenvalue weighted by Crippen LogP contribution is 2.35. The first kappa shape index (κ1) is 14.2. The van der Waals surface area contributed by atoms with Crippen molar-refractivity contribution in [2.45, 2.75) is 25.8 Å². The Kier molecular flexibility index (Phi) is 3.52. The first-order chi connectivity index (χ1) is 11.2. The molecule has 1 aliphatic heterocycles. The minimum atomic E-state index is 0.0742. The molecule has 6 nitrogen and oxygen atoms in total. The molecule has 0 unspecified atom stereocenters. The summed E-state index contributed by atoms with van der Waals surface area (Å²) in [6, 6.07) is 3.79. The Morgan fingerprint density at radius 3 is 2.96 bits per heavy atom. The number of hydrogen-bond acceptors (Lipinski definition) is 4. The number of nitrogens with zero attached hydrogens (tertiary/aromatic N) is 2. The number of fused-ring (bicyclic) bond motifs is 1. The first-order valence-corrected chi connectivity index (χ1v) is 8.07. The number of amides is 1. The monoisotopic (exact) mass is 313 g/mol. The van der Waals surface area contributed by atoms with E-state index in [0.29, 0.717) is 37.1 Å². The van der Waals surface area contributed by atoms with Gasteiger partial charge >= 0.3 is 0 Å². The summed E-state index contributed by atoms with van der Waals surface area (Å²) in [7, 11) is 0. The van der Waals surface area contributed by atoms with Crippen LogP contribution in [0.4, 0.5) is 0 Å². The third-order valence-electron chi connectivity index (χ3n) is 4.58. The Labute approximate surface area is 133 Å². The molecule has 23 heavy (non-hydrogen) atoms. The summed E-state index contributed by atoms with van der Waals surface area (Å²) >= 11 is 0. The largest absolute Gasteiger partial charge is 0.476 e. The summed E-state index contributed by atoms with van der Waals surface area (Å²) in [5.74, 6) is 1.45. The van der Waals surface area contributed by atoms with Gasteiger partial charge in [-0.15, -0.1) is 0 Å². The molecule has 2 aliphatic rings. The van der Waals surface area contributed by atoms with Crippen LogP contribution in [0.15, 0.2) is 18.3 Å². The van der Waals surface area contributed by atoms with Gasteiger partial charge in [0.25, 0.3) is 0 Å². The van der Waals surface area contributed by atoms with Gasteiger partial charge in [-0.2, -0.15) is 0 Å². The second kappa shape index (κ2) is 5.68. The summed E-state index contributed by atoms with van der Waals surface area (Å²) in [4.78, 5) is 27.0. The van der Waals surface area contributed by atoms with Crippen LogP contribution in [0.5, 0.6) is 5.88 Å². The van der Waals surface area contributed by atoms with E-state index in [0.717, 1.165) is 23.7 Å². The zero-order valence-corrected chi connectivity index (χ0v) is 12.8. The van der Waals surface area contributed by atoms with Crippen LogP contribution in [-0.2, 0) is 11.3 Å². The van der Waals surface area contributed by atoms with Crippen LogP contribution in [0.2, 0.25) is 0 Å². The quantitative estimate of drug-likeness (QED) is 0.825. The zero-order valence-electron chi connectivity index (χ0n) is 12.8. The summed E-state index contributed by atoms with van der Waals surface area (Å²) in [6.45, 7) is 1.94. The number of pyridine rings is 1. The Morgan fingerprint density at radius 1 is 1.39 bits per heavy atom. The summed E-state index contributed by atoms with van der Waals surface area (Å²) in [6.07, 6.45) is 5.52. The minimum absolute atomic E-state index is 0.0742. The van der Waals surface area contributed by atoms with Crippen molar-refractivity contribution in [1.82, 2.24) is 14.9 Å². The van der Waals surface area contributed by atoms with Gasteiger partial charge in [0.2, 0.25) is 11.8 Å². The topological polar surface area (TPSA) is 73.2 Å². The normalized spacial score (nSPS) is 20.7. The van der Waals surface area contributed by atoms with Crippen LogP contribution in [0.25, 0.3) is 10.9 Å². The van der Waals surface area contributed by atoms with Crippen LogP contribution in [0.3, 0.4) is 0 Å². The van der Waals surface area contributed by atoms with Gasteiger partial charge in [-0.1, -0.05) is 0 Å². The lowest BCUT2D eigenvalue weighted by Crippen LogP contribution is -2.17. The van der Waals surface area contributed by atoms with Gasteiger partial charge in [-0.3, -0.25) is 9.59 Å². The number of hydrogen-bond donors (Lipinski definition) is 1. The van der Waals surface area contributed by atoms with Crippen LogP contribution >= 0.6 is 0 Å². The minimum Gasteiger partial charge on any atom is -0.476 e. The fourth-order valence-electron chi connectivity index (χ4n) is 3.14. The molecule has 2 aromatic heterocycles. The lowest BCUT2D eigenvalue weighted by molar-refractivity contribution is -0.119. The van der Waals surface area contributed by atoms with Crippen LogP contribution in [0.1, 0.15) is 29.8 Å². The fraction of sp³-hybridized carbons (Fsp3) is 0.471. The molecule has 2 aromatic rings. The van der Waals surface area contributed by atoms with Gasteiger partial charge in [0.05, 0.1) is 12.3 Å². The van der Waals surface area contributed by atoms with Crippen molar-refractivity contribution >= 4 is 23.1 Å². The maximum atomic E-state index is 11.4. The van der Waals surface area contributed by atoms with E-state index in [4.69, 9.17) is 4.74 Å². The summed E-state index contributed by atoms with van der Waals surface area (Å²) in [5.41, 5.74) is 1.56. The molecule has 1 amide bonds. The molecule has 120 valence electrons. The molecule has 0 bridgehead atoms. The van der Waals surface area contributed by atoms with Crippen LogP contribution in [0, 0.1) is 11.8 Å². The Morgan fingerprint density at radius 2 is 2.26 bits per heavy atom. The molecule has 1 aliphatic carbocycles. The number of aldehydes is 1. The second-order valence-electron chi connectivity index (χ2n) is 6.48. The van der Waals surface area contributed by atoms with Gasteiger partial charge in [-0.05, 0) is 30.9 Å². The average Bonchev–Trinajstić information content (AvgIpc) is 3.16. The third kappa shape index (κ3) is 2.81. The number of rotatable bonds is 6. The Hall–Kier alpha value is -2.37. The van der Waals surface area contributed by atoms with E-state index in [9.17, 15) is 9.59 Å². The molecular weight excluding hydrogens is 294 g/mol. The standard InChI is InChI=1S/C17H19N3O3/c21-9-14-6-13-3-4-18-17(16(13)20(14)8-11-1-2-11)23-10-12-5-15(22)19-7-12/h3-4,6,9,11-12H,1-2,5,7-8,10H2,(H,19,22)/t12-/m0/s1. The van der Waals surface area contributed by atoms with E-state index >= 15 is 0 Å². The third-order valence-corrected chi connectivity index (χ3v) is 4.58. The van der Waals surface area contributed by atoms with Crippen molar-refractivity contribution < 1.29 is 14.3 Å². The molecule has 2 fully saturated rings. The molecule has 0 aromatic carbocycles. The SMILES string of the molecule is O=Cc1cc2ccnc(OC[C@@H]3CNC(=O)C3)c2n1CC1CC1. The lowest BCUT2D eigenvalue weighted by atomic mass is 10.1. The average molecular weight is 313 g/mol. The maximum Gasteiger partial charge on any atom is 0.238 e. The number of aromatic nitrogens is 2. The van der Waals surface area contributed by atoms with Crippen molar-refractivity contribution in [3.8, 4) is 5.88 Å². The van der Waals surface area contributed by atoms with Gasteiger partial charge in [-0.25, -0.2) is 4.98 Å². The van der Waals surface area contributed by atoms with E-state index in [1.54, 1.807) is 6.20 Å². The van der Waals surface area contributed by atoms with E-state index in [1.165, 1.54) is 12.8 Å². The van der Waals surface area contributed by atoms with E-state index in [2.05, 4.69) is 10.3 Å². The van der Waals surface area contributed by atoms with Crippen LogP contribution < -0.4 is 10.1 Å². The lowest BCUT2D eigenvalue weighted by Gasteiger charge is -2.13. The summed E-state index contributed by atoms with van der Waals surface area (Å²) < 4.78 is 7.94. The van der Waals surface area contributed by atoms with Gasteiger partial charge in [0, 0.05) is 37.0 Å². The van der Waals surface area contributed by atoms with Crippen molar-refractivity contribution in [2.24, 2.45) is 11.8 Å². The predicted molar refractivity (Wildman–Crippen MR) is 84.5 cm³/mol. The van der Waals surface area contributed by atoms with Crippen molar-refractivity contribution in [2.75, 3.05) is 13.2 Å². The second-order valence-corrected chi connectivity index (χ2v) is 6.48. The van der Waals surface area contributed by atoms with Crippen molar-refractivity contribution in [1.29, 1.82) is 0 Å². The molecule has 1 atom stereocenters. The van der Waals surface area contributed by atoms with Gasteiger partial charge < -0.3 is 14.6 Å².